The number of thiocarbonyl (C=S) groups is 1. The fourth-order valence-corrected chi connectivity index (χ4v) is 4.89. The van der Waals surface area contributed by atoms with Crippen LogP contribution >= 0.6 is 24.0 Å². The van der Waals surface area contributed by atoms with E-state index in [1.165, 1.54) is 17.3 Å². The summed E-state index contributed by atoms with van der Waals surface area (Å²) in [7, 11) is 1.69. The molecule has 1 aliphatic rings. The van der Waals surface area contributed by atoms with Gasteiger partial charge in [-0.05, 0) is 18.4 Å². The first-order chi connectivity index (χ1) is 13.4. The standard InChI is InChI=1S/C22H31NO3S2/c1-5-20(26-4)15(2)11-12-19(24)16(3)21(25)23-18(14-28-22(23)27)13-17-9-7-6-8-10-17/h6-12,15-16,18-20,24H,5,13-14H2,1-4H3/b12-11+/t15-,16+,18-,19-,20-/m0/s1. The highest BCUT2D eigenvalue weighted by molar-refractivity contribution is 8.23. The van der Waals surface area contributed by atoms with Gasteiger partial charge in [0.25, 0.3) is 0 Å². The van der Waals surface area contributed by atoms with E-state index in [0.717, 1.165) is 18.6 Å². The predicted molar refractivity (Wildman–Crippen MR) is 120 cm³/mol. The van der Waals surface area contributed by atoms with E-state index in [9.17, 15) is 9.90 Å². The van der Waals surface area contributed by atoms with Gasteiger partial charge in [0.1, 0.15) is 4.32 Å². The summed E-state index contributed by atoms with van der Waals surface area (Å²) in [5.74, 6) is 0.294. The van der Waals surface area contributed by atoms with Gasteiger partial charge in [0, 0.05) is 18.8 Å². The van der Waals surface area contributed by atoms with E-state index in [1.54, 1.807) is 25.0 Å². The number of aliphatic hydroxyl groups is 1. The molecule has 0 radical (unpaired) electrons. The Bertz CT molecular complexity index is 676. The third kappa shape index (κ3) is 5.89. The molecule has 1 amide bonds. The average molecular weight is 422 g/mol. The molecule has 1 aromatic rings. The number of aliphatic hydroxyl groups excluding tert-OH is 1. The summed E-state index contributed by atoms with van der Waals surface area (Å²) in [6.45, 7) is 5.89. The third-order valence-corrected chi connectivity index (χ3v) is 6.86. The molecular weight excluding hydrogens is 390 g/mol. The molecule has 0 aromatic heterocycles. The number of benzene rings is 1. The Morgan fingerprint density at radius 3 is 2.64 bits per heavy atom. The van der Waals surface area contributed by atoms with Gasteiger partial charge < -0.3 is 9.84 Å². The van der Waals surface area contributed by atoms with Crippen LogP contribution < -0.4 is 0 Å². The molecule has 1 aliphatic heterocycles. The second-order valence-electron chi connectivity index (χ2n) is 7.33. The molecule has 0 unspecified atom stereocenters. The van der Waals surface area contributed by atoms with E-state index >= 15 is 0 Å². The SMILES string of the molecule is CC[C@H](OC)[C@@H](C)/C=C/[C@H](O)[C@@H](C)C(=O)N1C(=S)SC[C@@H]1Cc1ccccc1. The van der Waals surface area contributed by atoms with Crippen LogP contribution in [0.15, 0.2) is 42.5 Å². The summed E-state index contributed by atoms with van der Waals surface area (Å²) in [5, 5.41) is 10.6. The van der Waals surface area contributed by atoms with E-state index in [-0.39, 0.29) is 24.0 Å². The van der Waals surface area contributed by atoms with Crippen LogP contribution in [-0.4, -0.2) is 51.3 Å². The Kier molecular flexibility index (Phi) is 9.15. The molecule has 0 spiro atoms. The van der Waals surface area contributed by atoms with Crippen molar-refractivity contribution in [3.63, 3.8) is 0 Å². The van der Waals surface area contributed by atoms with E-state index in [4.69, 9.17) is 17.0 Å². The molecule has 1 N–H and O–H groups in total. The molecule has 154 valence electrons. The molecule has 1 aromatic carbocycles. The highest BCUT2D eigenvalue weighted by Gasteiger charge is 2.37. The minimum atomic E-state index is -0.852. The van der Waals surface area contributed by atoms with Crippen molar-refractivity contribution < 1.29 is 14.6 Å². The summed E-state index contributed by atoms with van der Waals surface area (Å²) < 4.78 is 6.04. The van der Waals surface area contributed by atoms with Crippen molar-refractivity contribution in [2.45, 2.75) is 51.9 Å². The largest absolute Gasteiger partial charge is 0.388 e. The number of carbonyl (C=O) groups is 1. The Morgan fingerprint density at radius 1 is 1.36 bits per heavy atom. The second-order valence-corrected chi connectivity index (χ2v) is 8.99. The number of thioether (sulfide) groups is 1. The Hall–Kier alpha value is -1.21. The summed E-state index contributed by atoms with van der Waals surface area (Å²) in [6, 6.07) is 10.2. The maximum absolute atomic E-state index is 13.1. The zero-order valence-electron chi connectivity index (χ0n) is 17.1. The van der Waals surface area contributed by atoms with Crippen molar-refractivity contribution in [2.75, 3.05) is 12.9 Å². The summed E-state index contributed by atoms with van der Waals surface area (Å²) in [5.41, 5.74) is 1.18. The lowest BCUT2D eigenvalue weighted by molar-refractivity contribution is -0.134. The highest BCUT2D eigenvalue weighted by Crippen LogP contribution is 2.29. The van der Waals surface area contributed by atoms with Gasteiger partial charge in [-0.2, -0.15) is 0 Å². The number of hydrogen-bond donors (Lipinski definition) is 1. The summed E-state index contributed by atoms with van der Waals surface area (Å²) >= 11 is 6.98. The molecule has 1 heterocycles. The van der Waals surface area contributed by atoms with Crippen LogP contribution in [0, 0.1) is 11.8 Å². The summed E-state index contributed by atoms with van der Waals surface area (Å²) in [4.78, 5) is 14.8. The first kappa shape index (κ1) is 23.1. The minimum Gasteiger partial charge on any atom is -0.388 e. The first-order valence-electron chi connectivity index (χ1n) is 9.81. The van der Waals surface area contributed by atoms with E-state index in [2.05, 4.69) is 26.0 Å². The molecule has 1 fully saturated rings. The molecule has 2 rings (SSSR count). The van der Waals surface area contributed by atoms with Crippen LogP contribution in [0.2, 0.25) is 0 Å². The lowest BCUT2D eigenvalue weighted by Crippen LogP contribution is -2.45. The molecule has 5 atom stereocenters. The number of amides is 1. The monoisotopic (exact) mass is 421 g/mol. The van der Waals surface area contributed by atoms with Gasteiger partial charge in [-0.1, -0.05) is 87.2 Å². The second kappa shape index (κ2) is 11.1. The Morgan fingerprint density at radius 2 is 2.04 bits per heavy atom. The molecule has 28 heavy (non-hydrogen) atoms. The third-order valence-electron chi connectivity index (χ3n) is 5.32. The first-order valence-corrected chi connectivity index (χ1v) is 11.2. The van der Waals surface area contributed by atoms with Crippen molar-refractivity contribution in [1.29, 1.82) is 0 Å². The van der Waals surface area contributed by atoms with Crippen LogP contribution in [0.5, 0.6) is 0 Å². The summed E-state index contributed by atoms with van der Waals surface area (Å²) in [6.07, 6.45) is 4.56. The fraction of sp³-hybridized carbons (Fsp3) is 0.545. The van der Waals surface area contributed by atoms with E-state index in [1.807, 2.05) is 24.3 Å². The fourth-order valence-electron chi connectivity index (χ4n) is 3.47. The van der Waals surface area contributed by atoms with Crippen molar-refractivity contribution in [1.82, 2.24) is 4.90 Å². The molecule has 1 saturated heterocycles. The van der Waals surface area contributed by atoms with E-state index < -0.39 is 12.0 Å². The quantitative estimate of drug-likeness (QED) is 0.481. The maximum atomic E-state index is 13.1. The topological polar surface area (TPSA) is 49.8 Å². The zero-order valence-corrected chi connectivity index (χ0v) is 18.7. The van der Waals surface area contributed by atoms with Gasteiger partial charge in [-0.15, -0.1) is 0 Å². The van der Waals surface area contributed by atoms with Crippen LogP contribution in [0.4, 0.5) is 0 Å². The lowest BCUT2D eigenvalue weighted by atomic mass is 9.97. The smallest absolute Gasteiger partial charge is 0.234 e. The molecule has 0 aliphatic carbocycles. The number of methoxy groups -OCH3 is 1. The van der Waals surface area contributed by atoms with Gasteiger partial charge in [0.05, 0.1) is 24.2 Å². The molecule has 0 saturated carbocycles. The number of hydrogen-bond acceptors (Lipinski definition) is 5. The van der Waals surface area contributed by atoms with Crippen LogP contribution in [0.3, 0.4) is 0 Å². The minimum absolute atomic E-state index is 0.0305. The van der Waals surface area contributed by atoms with Crippen molar-refractivity contribution in [3.05, 3.63) is 48.0 Å². The molecule has 6 heteroatoms. The number of carbonyl (C=O) groups excluding carboxylic acids is 1. The van der Waals surface area contributed by atoms with Crippen LogP contribution in [-0.2, 0) is 16.0 Å². The van der Waals surface area contributed by atoms with Crippen LogP contribution in [0.25, 0.3) is 0 Å². The number of ether oxygens (including phenoxy) is 1. The molecule has 4 nitrogen and oxygen atoms in total. The van der Waals surface area contributed by atoms with Gasteiger partial charge >= 0.3 is 0 Å². The number of rotatable bonds is 9. The highest BCUT2D eigenvalue weighted by atomic mass is 32.2. The van der Waals surface area contributed by atoms with Gasteiger partial charge in [0.15, 0.2) is 0 Å². The molecular formula is C22H31NO3S2. The van der Waals surface area contributed by atoms with Crippen molar-refractivity contribution in [2.24, 2.45) is 11.8 Å². The van der Waals surface area contributed by atoms with Crippen molar-refractivity contribution in [3.8, 4) is 0 Å². The van der Waals surface area contributed by atoms with Crippen molar-refractivity contribution >= 4 is 34.2 Å². The number of nitrogens with zero attached hydrogens (tertiary/aromatic N) is 1. The molecule has 0 bridgehead atoms. The normalized spacial score (nSPS) is 21.7. The Balaban J connectivity index is 2.03. The van der Waals surface area contributed by atoms with Gasteiger partial charge in [-0.3, -0.25) is 9.69 Å². The zero-order chi connectivity index (χ0) is 20.7. The van der Waals surface area contributed by atoms with E-state index in [0.29, 0.717) is 4.32 Å². The Labute approximate surface area is 178 Å². The maximum Gasteiger partial charge on any atom is 0.234 e. The van der Waals surface area contributed by atoms with Crippen LogP contribution in [0.1, 0.15) is 32.8 Å². The van der Waals surface area contributed by atoms with Gasteiger partial charge in [0.2, 0.25) is 5.91 Å². The van der Waals surface area contributed by atoms with Gasteiger partial charge in [-0.25, -0.2) is 0 Å². The average Bonchev–Trinajstić information content (AvgIpc) is 3.06. The lowest BCUT2D eigenvalue weighted by Gasteiger charge is -2.28. The predicted octanol–water partition coefficient (Wildman–Crippen LogP) is 4.07.